The van der Waals surface area contributed by atoms with Gasteiger partial charge in [-0.05, 0) is 49.7 Å². The van der Waals surface area contributed by atoms with Crippen LogP contribution in [0.25, 0.3) is 0 Å². The average molecular weight is 305 g/mol. The van der Waals surface area contributed by atoms with Gasteiger partial charge in [0.05, 0.1) is 10.5 Å². The van der Waals surface area contributed by atoms with Crippen LogP contribution in [0.2, 0.25) is 0 Å². The van der Waals surface area contributed by atoms with E-state index >= 15 is 0 Å². The zero-order valence-corrected chi connectivity index (χ0v) is 12.4. The first-order valence-corrected chi connectivity index (χ1v) is 7.69. The van der Waals surface area contributed by atoms with Gasteiger partial charge in [-0.2, -0.15) is 0 Å². The van der Waals surface area contributed by atoms with Gasteiger partial charge in [-0.1, -0.05) is 0 Å². The number of aryl methyl sites for hydroxylation is 2. The second-order valence-corrected chi connectivity index (χ2v) is 6.20. The standard InChI is InChI=1S/C14H15N3O3S/c1-9-7-12(5-6-13(9)21(15,19)20)17-14(18)11-4-3-10(2)16-8-11/h3-8H,1-2H3,(H,17,18)(H2,15,19,20). The van der Waals surface area contributed by atoms with Crippen LogP contribution in [0.15, 0.2) is 41.4 Å². The summed E-state index contributed by atoms with van der Waals surface area (Å²) in [7, 11) is -3.76. The second kappa shape index (κ2) is 5.63. The summed E-state index contributed by atoms with van der Waals surface area (Å²) in [6.07, 6.45) is 1.48. The fourth-order valence-electron chi connectivity index (χ4n) is 1.85. The third-order valence-corrected chi connectivity index (χ3v) is 3.98. The van der Waals surface area contributed by atoms with Crippen molar-refractivity contribution >= 4 is 21.6 Å². The van der Waals surface area contributed by atoms with Gasteiger partial charge in [0.25, 0.3) is 5.91 Å². The molecule has 0 bridgehead atoms. The van der Waals surface area contributed by atoms with Crippen LogP contribution >= 0.6 is 0 Å². The highest BCUT2D eigenvalue weighted by molar-refractivity contribution is 7.89. The molecule has 1 amide bonds. The molecule has 0 radical (unpaired) electrons. The topological polar surface area (TPSA) is 102 Å². The Balaban J connectivity index is 2.22. The molecule has 110 valence electrons. The van der Waals surface area contributed by atoms with Crippen LogP contribution in [0.1, 0.15) is 21.6 Å². The second-order valence-electron chi connectivity index (χ2n) is 4.67. The normalized spacial score (nSPS) is 11.2. The third-order valence-electron chi connectivity index (χ3n) is 2.91. The maximum atomic E-state index is 12.0. The molecule has 7 heteroatoms. The predicted molar refractivity (Wildman–Crippen MR) is 79.5 cm³/mol. The number of primary sulfonamides is 1. The predicted octanol–water partition coefficient (Wildman–Crippen LogP) is 1.60. The molecule has 2 rings (SSSR count). The lowest BCUT2D eigenvalue weighted by Crippen LogP contribution is -2.15. The Hall–Kier alpha value is -2.25. The monoisotopic (exact) mass is 305 g/mol. The van der Waals surface area contributed by atoms with Crippen LogP contribution in [-0.2, 0) is 10.0 Å². The summed E-state index contributed by atoms with van der Waals surface area (Å²) in [5.41, 5.74) is 2.21. The number of nitrogens with zero attached hydrogens (tertiary/aromatic N) is 1. The molecule has 1 aromatic heterocycles. The summed E-state index contributed by atoms with van der Waals surface area (Å²) < 4.78 is 22.6. The minimum Gasteiger partial charge on any atom is -0.322 e. The molecule has 0 spiro atoms. The molecule has 1 aromatic carbocycles. The summed E-state index contributed by atoms with van der Waals surface area (Å²) in [4.78, 5) is 16.1. The SMILES string of the molecule is Cc1ccc(C(=O)Nc2ccc(S(N)(=O)=O)c(C)c2)cn1. The number of anilines is 1. The van der Waals surface area contributed by atoms with Crippen molar-refractivity contribution < 1.29 is 13.2 Å². The molecule has 21 heavy (non-hydrogen) atoms. The van der Waals surface area contributed by atoms with Crippen molar-refractivity contribution in [1.82, 2.24) is 4.98 Å². The lowest BCUT2D eigenvalue weighted by atomic mass is 10.2. The molecule has 0 aliphatic rings. The zero-order chi connectivity index (χ0) is 15.6. The van der Waals surface area contributed by atoms with Crippen LogP contribution in [0.3, 0.4) is 0 Å². The van der Waals surface area contributed by atoms with E-state index in [9.17, 15) is 13.2 Å². The number of nitrogens with one attached hydrogen (secondary N) is 1. The van der Waals surface area contributed by atoms with Crippen molar-refractivity contribution in [1.29, 1.82) is 0 Å². The van der Waals surface area contributed by atoms with Crippen LogP contribution < -0.4 is 10.5 Å². The van der Waals surface area contributed by atoms with E-state index in [4.69, 9.17) is 5.14 Å². The number of hydrogen-bond acceptors (Lipinski definition) is 4. The van der Waals surface area contributed by atoms with E-state index in [0.29, 0.717) is 16.8 Å². The van der Waals surface area contributed by atoms with Crippen LogP contribution in [0.5, 0.6) is 0 Å². The molecule has 0 atom stereocenters. The van der Waals surface area contributed by atoms with E-state index in [-0.39, 0.29) is 10.8 Å². The Bertz CT molecular complexity index is 784. The van der Waals surface area contributed by atoms with Crippen LogP contribution in [-0.4, -0.2) is 19.3 Å². The quantitative estimate of drug-likeness (QED) is 0.899. The highest BCUT2D eigenvalue weighted by Gasteiger charge is 2.13. The first kappa shape index (κ1) is 15.1. The molecule has 0 aliphatic carbocycles. The summed E-state index contributed by atoms with van der Waals surface area (Å²) in [6.45, 7) is 3.44. The molecule has 0 saturated heterocycles. The van der Waals surface area contributed by atoms with Crippen molar-refractivity contribution in [2.24, 2.45) is 5.14 Å². The van der Waals surface area contributed by atoms with Crippen molar-refractivity contribution in [2.75, 3.05) is 5.32 Å². The molecular formula is C14H15N3O3S. The van der Waals surface area contributed by atoms with E-state index < -0.39 is 10.0 Å². The van der Waals surface area contributed by atoms with Crippen molar-refractivity contribution in [2.45, 2.75) is 18.7 Å². The minimum absolute atomic E-state index is 0.0394. The van der Waals surface area contributed by atoms with E-state index in [2.05, 4.69) is 10.3 Å². The fourth-order valence-corrected chi connectivity index (χ4v) is 2.62. The number of benzene rings is 1. The van der Waals surface area contributed by atoms with E-state index in [0.717, 1.165) is 5.69 Å². The largest absolute Gasteiger partial charge is 0.322 e. The van der Waals surface area contributed by atoms with Gasteiger partial charge in [0.15, 0.2) is 0 Å². The van der Waals surface area contributed by atoms with Gasteiger partial charge < -0.3 is 5.32 Å². The fraction of sp³-hybridized carbons (Fsp3) is 0.143. The van der Waals surface area contributed by atoms with E-state index in [1.165, 1.54) is 18.3 Å². The minimum atomic E-state index is -3.76. The van der Waals surface area contributed by atoms with E-state index in [1.54, 1.807) is 25.1 Å². The van der Waals surface area contributed by atoms with Gasteiger partial charge in [-0.3, -0.25) is 9.78 Å². The Morgan fingerprint density at radius 1 is 1.19 bits per heavy atom. The first-order chi connectivity index (χ1) is 9.77. The van der Waals surface area contributed by atoms with Gasteiger partial charge >= 0.3 is 0 Å². The Kier molecular flexibility index (Phi) is 4.06. The first-order valence-electron chi connectivity index (χ1n) is 6.15. The van der Waals surface area contributed by atoms with Crippen molar-refractivity contribution in [3.05, 3.63) is 53.3 Å². The molecule has 2 aromatic rings. The molecule has 1 heterocycles. The summed E-state index contributed by atoms with van der Waals surface area (Å²) in [5.74, 6) is -0.315. The number of amides is 1. The Morgan fingerprint density at radius 3 is 2.43 bits per heavy atom. The van der Waals surface area contributed by atoms with Gasteiger partial charge in [0, 0.05) is 17.6 Å². The average Bonchev–Trinajstić information content (AvgIpc) is 2.37. The lowest BCUT2D eigenvalue weighted by Gasteiger charge is -2.08. The number of carbonyl (C=O) groups is 1. The molecular weight excluding hydrogens is 290 g/mol. The summed E-state index contributed by atoms with van der Waals surface area (Å²) in [6, 6.07) is 7.83. The lowest BCUT2D eigenvalue weighted by molar-refractivity contribution is 0.102. The number of rotatable bonds is 3. The number of carbonyl (C=O) groups excluding carboxylic acids is 1. The maximum absolute atomic E-state index is 12.0. The number of hydrogen-bond donors (Lipinski definition) is 2. The van der Waals surface area contributed by atoms with Crippen molar-refractivity contribution in [3.63, 3.8) is 0 Å². The Labute approximate surface area is 123 Å². The van der Waals surface area contributed by atoms with Gasteiger partial charge in [0.1, 0.15) is 0 Å². The van der Waals surface area contributed by atoms with Gasteiger partial charge in [-0.25, -0.2) is 13.6 Å². The molecule has 3 N–H and O–H groups in total. The smallest absolute Gasteiger partial charge is 0.257 e. The van der Waals surface area contributed by atoms with Crippen LogP contribution in [0, 0.1) is 13.8 Å². The third kappa shape index (κ3) is 3.65. The molecule has 0 fully saturated rings. The number of sulfonamides is 1. The number of nitrogens with two attached hydrogens (primary N) is 1. The molecule has 0 unspecified atom stereocenters. The van der Waals surface area contributed by atoms with Gasteiger partial charge in [-0.15, -0.1) is 0 Å². The molecule has 6 nitrogen and oxygen atoms in total. The number of pyridine rings is 1. The maximum Gasteiger partial charge on any atom is 0.257 e. The Morgan fingerprint density at radius 2 is 1.90 bits per heavy atom. The highest BCUT2D eigenvalue weighted by Crippen LogP contribution is 2.19. The summed E-state index contributed by atoms with van der Waals surface area (Å²) >= 11 is 0. The molecule has 0 aliphatic heterocycles. The molecule has 0 saturated carbocycles. The zero-order valence-electron chi connectivity index (χ0n) is 11.6. The highest BCUT2D eigenvalue weighted by atomic mass is 32.2. The van der Waals surface area contributed by atoms with Gasteiger partial charge in [0.2, 0.25) is 10.0 Å². The summed E-state index contributed by atoms with van der Waals surface area (Å²) in [5, 5.41) is 7.77. The number of aromatic nitrogens is 1. The van der Waals surface area contributed by atoms with Crippen molar-refractivity contribution in [3.8, 4) is 0 Å². The van der Waals surface area contributed by atoms with E-state index in [1.807, 2.05) is 6.92 Å². The van der Waals surface area contributed by atoms with Crippen LogP contribution in [0.4, 0.5) is 5.69 Å².